The van der Waals surface area contributed by atoms with E-state index in [1.54, 1.807) is 11.3 Å². The van der Waals surface area contributed by atoms with E-state index in [1.165, 1.54) is 5.56 Å². The topological polar surface area (TPSA) is 17.1 Å². The average Bonchev–Trinajstić information content (AvgIpc) is 2.59. The largest absolute Gasteiger partial charge is 0.298 e. The third-order valence-corrected chi connectivity index (χ3v) is 3.71. The van der Waals surface area contributed by atoms with E-state index in [2.05, 4.69) is 11.4 Å². The lowest BCUT2D eigenvalue weighted by Crippen LogP contribution is -1.85. The lowest BCUT2D eigenvalue weighted by molar-refractivity contribution is 0.112. The summed E-state index contributed by atoms with van der Waals surface area (Å²) in [4.78, 5) is 10.9. The van der Waals surface area contributed by atoms with Crippen molar-refractivity contribution in [3.8, 4) is 0 Å². The highest BCUT2D eigenvalue weighted by Gasteiger charge is 2.06. The van der Waals surface area contributed by atoms with Gasteiger partial charge in [0, 0.05) is 16.1 Å². The molecule has 3 heteroatoms. The molecule has 0 unspecified atom stereocenters. The van der Waals surface area contributed by atoms with Crippen LogP contribution < -0.4 is 0 Å². The minimum Gasteiger partial charge on any atom is -0.298 e. The van der Waals surface area contributed by atoms with Gasteiger partial charge in [-0.25, -0.2) is 0 Å². The highest BCUT2D eigenvalue weighted by atomic mass is 35.5. The van der Waals surface area contributed by atoms with Gasteiger partial charge in [0.15, 0.2) is 6.29 Å². The maximum atomic E-state index is 10.9. The number of fused-ring (bicyclic) bond motifs is 1. The summed E-state index contributed by atoms with van der Waals surface area (Å²) in [7, 11) is 0. The minimum atomic E-state index is 0.450. The van der Waals surface area contributed by atoms with E-state index in [1.807, 2.05) is 13.0 Å². The van der Waals surface area contributed by atoms with Crippen molar-refractivity contribution < 1.29 is 4.79 Å². The fourth-order valence-corrected chi connectivity index (χ4v) is 2.68. The first-order valence-corrected chi connectivity index (χ1v) is 5.69. The zero-order chi connectivity index (χ0) is 10.1. The van der Waals surface area contributed by atoms with Crippen molar-refractivity contribution in [2.45, 2.75) is 12.8 Å². The molecule has 72 valence electrons. The monoisotopic (exact) mass is 224 g/mol. The number of hydrogen-bond acceptors (Lipinski definition) is 2. The van der Waals surface area contributed by atoms with Crippen LogP contribution in [0.1, 0.15) is 21.5 Å². The molecule has 0 aliphatic carbocycles. The third-order valence-electron chi connectivity index (χ3n) is 2.24. The van der Waals surface area contributed by atoms with Gasteiger partial charge in [-0.1, -0.05) is 0 Å². The van der Waals surface area contributed by atoms with Crippen LogP contribution in [0.3, 0.4) is 0 Å². The Morgan fingerprint density at radius 1 is 1.50 bits per heavy atom. The molecular weight excluding hydrogens is 216 g/mol. The quantitative estimate of drug-likeness (QED) is 0.561. The van der Waals surface area contributed by atoms with Crippen molar-refractivity contribution in [1.29, 1.82) is 0 Å². The summed E-state index contributed by atoms with van der Waals surface area (Å²) in [5, 5.41) is 3.21. The zero-order valence-electron chi connectivity index (χ0n) is 7.71. The molecule has 0 N–H and O–H groups in total. The SMILES string of the molecule is Cc1csc2c(C=O)cc(CCl)cc12. The van der Waals surface area contributed by atoms with Crippen LogP contribution in [0.25, 0.3) is 10.1 Å². The van der Waals surface area contributed by atoms with Gasteiger partial charge in [-0.2, -0.15) is 0 Å². The third kappa shape index (κ3) is 1.45. The molecule has 14 heavy (non-hydrogen) atoms. The maximum Gasteiger partial charge on any atom is 0.151 e. The maximum absolute atomic E-state index is 10.9. The van der Waals surface area contributed by atoms with Crippen LogP contribution in [0.4, 0.5) is 0 Å². The number of hydrogen-bond donors (Lipinski definition) is 0. The van der Waals surface area contributed by atoms with Crippen LogP contribution in [-0.4, -0.2) is 6.29 Å². The van der Waals surface area contributed by atoms with Gasteiger partial charge in [0.2, 0.25) is 0 Å². The van der Waals surface area contributed by atoms with Crippen LogP contribution in [-0.2, 0) is 5.88 Å². The van der Waals surface area contributed by atoms with Crippen molar-refractivity contribution >= 4 is 39.3 Å². The van der Waals surface area contributed by atoms with E-state index < -0.39 is 0 Å². The van der Waals surface area contributed by atoms with Crippen molar-refractivity contribution in [3.63, 3.8) is 0 Å². The molecule has 1 heterocycles. The number of rotatable bonds is 2. The van der Waals surface area contributed by atoms with Gasteiger partial charge in [0.1, 0.15) is 0 Å². The molecule has 0 radical (unpaired) electrons. The normalized spacial score (nSPS) is 10.7. The fourth-order valence-electron chi connectivity index (χ4n) is 1.51. The molecule has 0 aliphatic heterocycles. The van der Waals surface area contributed by atoms with Crippen LogP contribution in [0.15, 0.2) is 17.5 Å². The summed E-state index contributed by atoms with van der Waals surface area (Å²) >= 11 is 7.37. The van der Waals surface area contributed by atoms with Gasteiger partial charge >= 0.3 is 0 Å². The highest BCUT2D eigenvalue weighted by molar-refractivity contribution is 7.17. The molecule has 0 saturated heterocycles. The summed E-state index contributed by atoms with van der Waals surface area (Å²) < 4.78 is 1.06. The molecule has 2 rings (SSSR count). The first-order chi connectivity index (χ1) is 6.76. The Morgan fingerprint density at radius 2 is 2.29 bits per heavy atom. The predicted octanol–water partition coefficient (Wildman–Crippen LogP) is 3.76. The Hall–Kier alpha value is -0.860. The number of halogens is 1. The zero-order valence-corrected chi connectivity index (χ0v) is 9.28. The van der Waals surface area contributed by atoms with E-state index in [-0.39, 0.29) is 0 Å². The number of aryl methyl sites for hydroxylation is 1. The Balaban J connectivity index is 2.82. The molecule has 2 aromatic rings. The molecule has 0 bridgehead atoms. The minimum absolute atomic E-state index is 0.450. The first-order valence-electron chi connectivity index (χ1n) is 4.28. The van der Waals surface area contributed by atoms with Crippen LogP contribution in [0, 0.1) is 6.92 Å². The van der Waals surface area contributed by atoms with E-state index in [0.29, 0.717) is 5.88 Å². The summed E-state index contributed by atoms with van der Waals surface area (Å²) in [6.07, 6.45) is 0.897. The summed E-state index contributed by atoms with van der Waals surface area (Å²) in [5.41, 5.74) is 2.96. The molecule has 0 spiro atoms. The summed E-state index contributed by atoms with van der Waals surface area (Å²) in [5.74, 6) is 0.450. The van der Waals surface area contributed by atoms with Gasteiger partial charge in [0.25, 0.3) is 0 Å². The molecule has 0 aliphatic rings. The number of alkyl halides is 1. The molecule has 0 saturated carbocycles. The predicted molar refractivity (Wildman–Crippen MR) is 61.5 cm³/mol. The number of aldehydes is 1. The second kappa shape index (κ2) is 3.71. The summed E-state index contributed by atoms with van der Waals surface area (Å²) in [6.45, 7) is 2.05. The lowest BCUT2D eigenvalue weighted by atomic mass is 10.1. The number of thiophene rings is 1. The van der Waals surface area contributed by atoms with Gasteiger partial charge in [-0.05, 0) is 40.9 Å². The van der Waals surface area contributed by atoms with Gasteiger partial charge in [-0.15, -0.1) is 22.9 Å². The fraction of sp³-hybridized carbons (Fsp3) is 0.182. The van der Waals surface area contributed by atoms with Crippen LogP contribution in [0.5, 0.6) is 0 Å². The molecule has 1 aromatic heterocycles. The Morgan fingerprint density at radius 3 is 2.93 bits per heavy atom. The van der Waals surface area contributed by atoms with Crippen molar-refractivity contribution in [2.24, 2.45) is 0 Å². The Labute approximate surface area is 91.3 Å². The van der Waals surface area contributed by atoms with E-state index >= 15 is 0 Å². The van der Waals surface area contributed by atoms with E-state index in [4.69, 9.17) is 11.6 Å². The number of carbonyl (C=O) groups is 1. The molecule has 1 nitrogen and oxygen atoms in total. The van der Waals surface area contributed by atoms with Gasteiger partial charge < -0.3 is 0 Å². The average molecular weight is 225 g/mol. The van der Waals surface area contributed by atoms with Gasteiger partial charge in [-0.3, -0.25) is 4.79 Å². The second-order valence-corrected chi connectivity index (χ2v) is 4.38. The molecule has 0 atom stereocenters. The number of benzene rings is 1. The molecular formula is C11H9ClOS. The van der Waals surface area contributed by atoms with Crippen molar-refractivity contribution in [3.05, 3.63) is 34.2 Å². The highest BCUT2D eigenvalue weighted by Crippen LogP contribution is 2.29. The van der Waals surface area contributed by atoms with Crippen LogP contribution in [0.2, 0.25) is 0 Å². The molecule has 0 fully saturated rings. The van der Waals surface area contributed by atoms with Crippen molar-refractivity contribution in [1.82, 2.24) is 0 Å². The molecule has 1 aromatic carbocycles. The first kappa shape index (κ1) is 9.69. The van der Waals surface area contributed by atoms with E-state index in [0.717, 1.165) is 27.5 Å². The molecule has 0 amide bonds. The standard InChI is InChI=1S/C11H9ClOS/c1-7-6-14-11-9(5-13)2-8(4-12)3-10(7)11/h2-3,5-6H,4H2,1H3. The lowest BCUT2D eigenvalue weighted by Gasteiger charge is -2.00. The Bertz CT molecular complexity index is 487. The van der Waals surface area contributed by atoms with Crippen molar-refractivity contribution in [2.75, 3.05) is 0 Å². The van der Waals surface area contributed by atoms with Gasteiger partial charge in [0.05, 0.1) is 0 Å². The second-order valence-electron chi connectivity index (χ2n) is 3.23. The summed E-state index contributed by atoms with van der Waals surface area (Å²) in [6, 6.07) is 3.92. The van der Waals surface area contributed by atoms with Crippen LogP contribution >= 0.6 is 22.9 Å². The smallest absolute Gasteiger partial charge is 0.151 e. The number of carbonyl (C=O) groups excluding carboxylic acids is 1. The Kier molecular flexibility index (Phi) is 2.57. The van der Waals surface area contributed by atoms with E-state index in [9.17, 15) is 4.79 Å².